The minimum atomic E-state index is -0.507. The van der Waals surface area contributed by atoms with E-state index in [0.29, 0.717) is 22.5 Å². The quantitative estimate of drug-likeness (QED) is 0.667. The number of aryl methyl sites for hydroxylation is 1. The summed E-state index contributed by atoms with van der Waals surface area (Å²) in [5.41, 5.74) is 8.70. The first-order valence-corrected chi connectivity index (χ1v) is 5.72. The van der Waals surface area contributed by atoms with E-state index < -0.39 is 5.97 Å². The summed E-state index contributed by atoms with van der Waals surface area (Å²) >= 11 is 0. The molecule has 0 fully saturated rings. The molecule has 0 unspecified atom stereocenters. The first-order valence-electron chi connectivity index (χ1n) is 5.72. The average Bonchev–Trinajstić information content (AvgIpc) is 2.68. The van der Waals surface area contributed by atoms with Gasteiger partial charge in [0.2, 0.25) is 0 Å². The maximum atomic E-state index is 11.8. The Balaban J connectivity index is 2.47. The molecule has 1 aromatic carbocycles. The molecule has 6 nitrogen and oxygen atoms in total. The number of carbonyl (C=O) groups excluding carboxylic acids is 1. The van der Waals surface area contributed by atoms with Crippen molar-refractivity contribution >= 4 is 34.0 Å². The molecule has 96 valence electrons. The third kappa shape index (κ3) is 1.53. The summed E-state index contributed by atoms with van der Waals surface area (Å²) < 4.78 is 6.39. The number of fused-ring (bicyclic) bond motifs is 2. The lowest BCUT2D eigenvalue weighted by molar-refractivity contribution is 0.0604. The van der Waals surface area contributed by atoms with Crippen LogP contribution in [0.1, 0.15) is 10.4 Å². The first-order chi connectivity index (χ1) is 9.13. The van der Waals surface area contributed by atoms with Gasteiger partial charge in [0.05, 0.1) is 18.1 Å². The molecule has 0 saturated heterocycles. The van der Waals surface area contributed by atoms with Crippen LogP contribution in [-0.4, -0.2) is 27.6 Å². The van der Waals surface area contributed by atoms with E-state index in [4.69, 9.17) is 10.5 Å². The standard InChI is InChI=1S/C13H12N4O2/c1-17-11(14)9(13(18)19-2)10-12(17)16-8-6-4-3-5-7(8)15-10/h3-6H,14H2,1-2H3. The van der Waals surface area contributed by atoms with Crippen molar-refractivity contribution < 1.29 is 9.53 Å². The topological polar surface area (TPSA) is 83.0 Å². The van der Waals surface area contributed by atoms with E-state index in [0.717, 1.165) is 5.52 Å². The predicted molar refractivity (Wildman–Crippen MR) is 71.8 cm³/mol. The second-order valence-corrected chi connectivity index (χ2v) is 4.20. The molecule has 19 heavy (non-hydrogen) atoms. The van der Waals surface area contributed by atoms with Crippen LogP contribution in [0.5, 0.6) is 0 Å². The first kappa shape index (κ1) is 11.5. The van der Waals surface area contributed by atoms with Crippen molar-refractivity contribution in [2.45, 2.75) is 0 Å². The van der Waals surface area contributed by atoms with Gasteiger partial charge in [0.15, 0.2) is 5.65 Å². The Morgan fingerprint density at radius 2 is 1.89 bits per heavy atom. The van der Waals surface area contributed by atoms with Crippen molar-refractivity contribution in [3.8, 4) is 0 Å². The van der Waals surface area contributed by atoms with E-state index in [1.54, 1.807) is 11.6 Å². The number of methoxy groups -OCH3 is 1. The molecule has 0 aliphatic carbocycles. The Labute approximate surface area is 108 Å². The average molecular weight is 256 g/mol. The summed E-state index contributed by atoms with van der Waals surface area (Å²) in [4.78, 5) is 20.8. The molecule has 0 aliphatic heterocycles. The number of hydrogen-bond donors (Lipinski definition) is 1. The number of rotatable bonds is 1. The molecule has 0 radical (unpaired) electrons. The Kier molecular flexibility index (Phi) is 2.38. The van der Waals surface area contributed by atoms with Crippen molar-refractivity contribution in [3.63, 3.8) is 0 Å². The van der Waals surface area contributed by atoms with Gasteiger partial charge in [-0.2, -0.15) is 0 Å². The Morgan fingerprint density at radius 1 is 1.26 bits per heavy atom. The van der Waals surface area contributed by atoms with Crippen LogP contribution in [0.25, 0.3) is 22.2 Å². The summed E-state index contributed by atoms with van der Waals surface area (Å²) in [6, 6.07) is 7.46. The van der Waals surface area contributed by atoms with Crippen LogP contribution in [0.2, 0.25) is 0 Å². The molecule has 3 rings (SSSR count). The second kappa shape index (κ2) is 3.94. The van der Waals surface area contributed by atoms with Crippen molar-refractivity contribution in [2.24, 2.45) is 7.05 Å². The molecule has 0 bridgehead atoms. The predicted octanol–water partition coefficient (Wildman–Crippen LogP) is 1.49. The van der Waals surface area contributed by atoms with Gasteiger partial charge in [-0.3, -0.25) is 0 Å². The number of benzene rings is 1. The fourth-order valence-corrected chi connectivity index (χ4v) is 2.10. The SMILES string of the molecule is COC(=O)c1c(N)n(C)c2nc3ccccc3nc12. The fourth-order valence-electron chi connectivity index (χ4n) is 2.10. The van der Waals surface area contributed by atoms with Crippen LogP contribution >= 0.6 is 0 Å². The minimum absolute atomic E-state index is 0.262. The van der Waals surface area contributed by atoms with Gasteiger partial charge in [0.25, 0.3) is 0 Å². The zero-order valence-electron chi connectivity index (χ0n) is 10.5. The number of carbonyl (C=O) groups is 1. The van der Waals surface area contributed by atoms with Gasteiger partial charge in [-0.25, -0.2) is 14.8 Å². The number of anilines is 1. The molecule has 0 amide bonds. The summed E-state index contributed by atoms with van der Waals surface area (Å²) in [6.45, 7) is 0. The van der Waals surface area contributed by atoms with Gasteiger partial charge in [0.1, 0.15) is 16.9 Å². The van der Waals surface area contributed by atoms with Gasteiger partial charge in [-0.15, -0.1) is 0 Å². The lowest BCUT2D eigenvalue weighted by Crippen LogP contribution is -2.06. The van der Waals surface area contributed by atoms with Crippen LogP contribution in [0.15, 0.2) is 24.3 Å². The lowest BCUT2D eigenvalue weighted by atomic mass is 10.2. The number of ether oxygens (including phenoxy) is 1. The molecule has 0 atom stereocenters. The minimum Gasteiger partial charge on any atom is -0.465 e. The normalized spacial score (nSPS) is 11.1. The summed E-state index contributed by atoms with van der Waals surface area (Å²) in [7, 11) is 3.06. The van der Waals surface area contributed by atoms with Crippen molar-refractivity contribution in [2.75, 3.05) is 12.8 Å². The van der Waals surface area contributed by atoms with E-state index >= 15 is 0 Å². The van der Waals surface area contributed by atoms with Crippen molar-refractivity contribution in [1.29, 1.82) is 0 Å². The summed E-state index contributed by atoms with van der Waals surface area (Å²) in [5, 5.41) is 0. The van der Waals surface area contributed by atoms with Crippen molar-refractivity contribution in [3.05, 3.63) is 29.8 Å². The highest BCUT2D eigenvalue weighted by molar-refractivity contribution is 6.08. The van der Waals surface area contributed by atoms with E-state index in [2.05, 4.69) is 9.97 Å². The number of para-hydroxylation sites is 2. The maximum Gasteiger partial charge on any atom is 0.343 e. The molecule has 6 heteroatoms. The zero-order chi connectivity index (χ0) is 13.6. The van der Waals surface area contributed by atoms with E-state index in [1.807, 2.05) is 24.3 Å². The fraction of sp³-hybridized carbons (Fsp3) is 0.154. The Morgan fingerprint density at radius 3 is 2.53 bits per heavy atom. The number of esters is 1. The molecule has 2 N–H and O–H groups in total. The number of nitrogen functional groups attached to an aromatic ring is 1. The Bertz CT molecular complexity index is 807. The summed E-state index contributed by atoms with van der Waals surface area (Å²) in [5.74, 6) is -0.204. The number of nitrogens with zero attached hydrogens (tertiary/aromatic N) is 3. The van der Waals surface area contributed by atoms with Crippen LogP contribution in [-0.2, 0) is 11.8 Å². The van der Waals surface area contributed by atoms with Crippen molar-refractivity contribution in [1.82, 2.24) is 14.5 Å². The number of nitrogens with two attached hydrogens (primary N) is 1. The van der Waals surface area contributed by atoms with Crippen LogP contribution < -0.4 is 5.73 Å². The number of aromatic nitrogens is 3. The van der Waals surface area contributed by atoms with Gasteiger partial charge in [-0.1, -0.05) is 12.1 Å². The molecule has 0 aliphatic rings. The molecule has 3 aromatic rings. The molecule has 0 saturated carbocycles. The van der Waals surface area contributed by atoms with E-state index in [9.17, 15) is 4.79 Å². The third-order valence-corrected chi connectivity index (χ3v) is 3.11. The molecule has 2 heterocycles. The lowest BCUT2D eigenvalue weighted by Gasteiger charge is -1.99. The van der Waals surface area contributed by atoms with Gasteiger partial charge >= 0.3 is 5.97 Å². The zero-order valence-corrected chi connectivity index (χ0v) is 10.5. The number of hydrogen-bond acceptors (Lipinski definition) is 5. The van der Waals surface area contributed by atoms with Gasteiger partial charge in [0, 0.05) is 7.05 Å². The monoisotopic (exact) mass is 256 g/mol. The molecule has 2 aromatic heterocycles. The largest absolute Gasteiger partial charge is 0.465 e. The third-order valence-electron chi connectivity index (χ3n) is 3.11. The molecule has 0 spiro atoms. The van der Waals surface area contributed by atoms with E-state index in [1.165, 1.54) is 7.11 Å². The van der Waals surface area contributed by atoms with Crippen LogP contribution in [0.4, 0.5) is 5.82 Å². The van der Waals surface area contributed by atoms with Crippen LogP contribution in [0, 0.1) is 0 Å². The second-order valence-electron chi connectivity index (χ2n) is 4.20. The highest BCUT2D eigenvalue weighted by Gasteiger charge is 2.22. The van der Waals surface area contributed by atoms with Gasteiger partial charge < -0.3 is 15.0 Å². The van der Waals surface area contributed by atoms with Crippen LogP contribution in [0.3, 0.4) is 0 Å². The van der Waals surface area contributed by atoms with Gasteiger partial charge in [-0.05, 0) is 12.1 Å². The smallest absolute Gasteiger partial charge is 0.343 e. The summed E-state index contributed by atoms with van der Waals surface area (Å²) in [6.07, 6.45) is 0. The highest BCUT2D eigenvalue weighted by Crippen LogP contribution is 2.26. The molecular formula is C13H12N4O2. The Hall–Kier alpha value is -2.63. The molecular weight excluding hydrogens is 244 g/mol. The van der Waals surface area contributed by atoms with E-state index in [-0.39, 0.29) is 5.56 Å². The maximum absolute atomic E-state index is 11.8. The highest BCUT2D eigenvalue weighted by atomic mass is 16.5.